The van der Waals surface area contributed by atoms with Crippen LogP contribution in [0.3, 0.4) is 0 Å². The number of hydrogen-bond acceptors (Lipinski definition) is 8. The lowest BCUT2D eigenvalue weighted by Gasteiger charge is -2.33. The Morgan fingerprint density at radius 2 is 1.97 bits per heavy atom. The van der Waals surface area contributed by atoms with Crippen molar-refractivity contribution >= 4 is 21.7 Å². The molecule has 1 atom stereocenters. The Morgan fingerprint density at radius 1 is 1.15 bits per heavy atom. The third kappa shape index (κ3) is 3.85. The molecule has 0 N–H and O–H groups in total. The molecule has 9 heteroatoms. The minimum atomic E-state index is -2.99. The van der Waals surface area contributed by atoms with Gasteiger partial charge in [0.1, 0.15) is 29.7 Å². The molecule has 3 heterocycles. The molecule has 1 fully saturated rings. The molecule has 0 saturated carbocycles. The van der Waals surface area contributed by atoms with Gasteiger partial charge in [0.25, 0.3) is 0 Å². The van der Waals surface area contributed by atoms with Gasteiger partial charge in [-0.25, -0.2) is 8.42 Å². The number of carbonyl (C=O) groups excluding carboxylic acids is 1. The highest BCUT2D eigenvalue weighted by molar-refractivity contribution is 7.91. The zero-order valence-corrected chi connectivity index (χ0v) is 19.5. The lowest BCUT2D eigenvalue weighted by Crippen LogP contribution is -2.41. The Labute approximate surface area is 192 Å². The first-order chi connectivity index (χ1) is 15.8. The van der Waals surface area contributed by atoms with Gasteiger partial charge in [0.15, 0.2) is 15.6 Å². The third-order valence-corrected chi connectivity index (χ3v) is 8.17. The molecule has 3 aliphatic heterocycles. The summed E-state index contributed by atoms with van der Waals surface area (Å²) in [4.78, 5) is 15.2. The number of hydrogen-bond donors (Lipinski definition) is 0. The number of ether oxygens (including phenoxy) is 4. The van der Waals surface area contributed by atoms with Crippen LogP contribution < -0.4 is 18.9 Å². The molecular weight excluding hydrogens is 446 g/mol. The Bertz CT molecular complexity index is 1280. The minimum Gasteiger partial charge on any atom is -0.497 e. The maximum absolute atomic E-state index is 13.2. The summed E-state index contributed by atoms with van der Waals surface area (Å²) < 4.78 is 46.4. The van der Waals surface area contributed by atoms with E-state index in [9.17, 15) is 13.2 Å². The summed E-state index contributed by atoms with van der Waals surface area (Å²) in [5, 5.41) is 0. The molecule has 0 bridgehead atoms. The average Bonchev–Trinajstić information content (AvgIpc) is 3.33. The first kappa shape index (κ1) is 21.8. The smallest absolute Gasteiger partial charge is 0.231 e. The molecule has 5 rings (SSSR count). The molecule has 0 spiro atoms. The Morgan fingerprint density at radius 3 is 2.67 bits per heavy atom. The molecule has 0 unspecified atom stereocenters. The number of fused-ring (bicyclic) bond motifs is 2. The standard InChI is InChI=1S/C24H25NO7S/c1-14-23-16(11-25(13-31-23)17-6-7-33(27,28)12-17)8-19-22(26)21(32-24(14)19)9-15-4-5-18(29-2)10-20(15)30-3/h4-5,8-10,17H,6-7,11-13H2,1-3H3/b21-9-/t17-/m0/s1. The van der Waals surface area contributed by atoms with Gasteiger partial charge >= 0.3 is 0 Å². The largest absolute Gasteiger partial charge is 0.497 e. The van der Waals surface area contributed by atoms with Gasteiger partial charge in [0.05, 0.1) is 31.3 Å². The number of allylic oxidation sites excluding steroid dienone is 1. The Hall–Kier alpha value is -3.04. The summed E-state index contributed by atoms with van der Waals surface area (Å²) in [5.74, 6) is 2.75. The van der Waals surface area contributed by atoms with Gasteiger partial charge in [0, 0.05) is 35.3 Å². The Balaban J connectivity index is 1.45. The molecule has 0 aliphatic carbocycles. The Kier molecular flexibility index (Phi) is 5.33. The van der Waals surface area contributed by atoms with Crippen molar-refractivity contribution in [1.82, 2.24) is 4.90 Å². The van der Waals surface area contributed by atoms with Crippen LogP contribution in [0.15, 0.2) is 30.0 Å². The summed E-state index contributed by atoms with van der Waals surface area (Å²) in [6.45, 7) is 2.71. The number of nitrogens with zero attached hydrogens (tertiary/aromatic N) is 1. The van der Waals surface area contributed by atoms with Crippen LogP contribution in [0, 0.1) is 6.92 Å². The second kappa shape index (κ2) is 8.07. The van der Waals surface area contributed by atoms with Crippen molar-refractivity contribution < 1.29 is 32.2 Å². The van der Waals surface area contributed by atoms with E-state index in [0.29, 0.717) is 53.8 Å². The molecule has 33 heavy (non-hydrogen) atoms. The molecular formula is C24H25NO7S. The highest BCUT2D eigenvalue weighted by Crippen LogP contribution is 2.44. The van der Waals surface area contributed by atoms with Crippen LogP contribution in [-0.2, 0) is 16.4 Å². The van der Waals surface area contributed by atoms with E-state index in [-0.39, 0.29) is 29.1 Å². The van der Waals surface area contributed by atoms with Crippen LogP contribution in [0.5, 0.6) is 23.0 Å². The van der Waals surface area contributed by atoms with Gasteiger partial charge in [-0.15, -0.1) is 0 Å². The van der Waals surface area contributed by atoms with E-state index >= 15 is 0 Å². The summed E-state index contributed by atoms with van der Waals surface area (Å²) in [7, 11) is 0.138. The van der Waals surface area contributed by atoms with Crippen molar-refractivity contribution in [3.8, 4) is 23.0 Å². The number of methoxy groups -OCH3 is 2. The monoisotopic (exact) mass is 471 g/mol. The fraction of sp³-hybridized carbons (Fsp3) is 0.375. The lowest BCUT2D eigenvalue weighted by molar-refractivity contribution is 0.0637. The SMILES string of the molecule is COc1ccc(/C=C2\Oc3c(cc4c(c3C)OCN([C@H]3CCS(=O)(=O)C3)C4)C2=O)c(OC)c1. The van der Waals surface area contributed by atoms with Crippen LogP contribution in [-0.4, -0.2) is 57.6 Å². The lowest BCUT2D eigenvalue weighted by atomic mass is 9.99. The zero-order valence-electron chi connectivity index (χ0n) is 18.7. The van der Waals surface area contributed by atoms with Crippen LogP contribution >= 0.6 is 0 Å². The van der Waals surface area contributed by atoms with Crippen molar-refractivity contribution in [2.75, 3.05) is 32.5 Å². The van der Waals surface area contributed by atoms with Gasteiger partial charge in [-0.05, 0) is 37.6 Å². The van der Waals surface area contributed by atoms with Crippen LogP contribution in [0.1, 0.15) is 33.5 Å². The van der Waals surface area contributed by atoms with Gasteiger partial charge < -0.3 is 18.9 Å². The van der Waals surface area contributed by atoms with E-state index < -0.39 is 9.84 Å². The van der Waals surface area contributed by atoms with E-state index in [1.54, 1.807) is 38.5 Å². The maximum atomic E-state index is 13.2. The fourth-order valence-electron chi connectivity index (χ4n) is 4.64. The van der Waals surface area contributed by atoms with Crippen molar-refractivity contribution in [2.24, 2.45) is 0 Å². The predicted octanol–water partition coefficient (Wildman–Crippen LogP) is 2.97. The maximum Gasteiger partial charge on any atom is 0.231 e. The zero-order chi connectivity index (χ0) is 23.3. The van der Waals surface area contributed by atoms with E-state index in [2.05, 4.69) is 0 Å². The average molecular weight is 472 g/mol. The van der Waals surface area contributed by atoms with E-state index in [1.165, 1.54) is 0 Å². The van der Waals surface area contributed by atoms with Gasteiger partial charge in [0.2, 0.25) is 5.78 Å². The van der Waals surface area contributed by atoms with Crippen molar-refractivity contribution in [1.29, 1.82) is 0 Å². The summed E-state index contributed by atoms with van der Waals surface area (Å²) in [6, 6.07) is 7.08. The third-order valence-electron chi connectivity index (χ3n) is 6.42. The van der Waals surface area contributed by atoms with Crippen molar-refractivity contribution in [2.45, 2.75) is 25.9 Å². The highest BCUT2D eigenvalue weighted by Gasteiger charge is 2.37. The highest BCUT2D eigenvalue weighted by atomic mass is 32.2. The number of benzene rings is 2. The molecule has 0 aromatic heterocycles. The van der Waals surface area contributed by atoms with Gasteiger partial charge in [-0.3, -0.25) is 9.69 Å². The summed E-state index contributed by atoms with van der Waals surface area (Å²) in [6.07, 6.45) is 2.26. The number of Topliss-reactive ketones (excluding diaryl/α,β-unsaturated/α-hetero) is 1. The number of carbonyl (C=O) groups is 1. The minimum absolute atomic E-state index is 0.0679. The fourth-order valence-corrected chi connectivity index (χ4v) is 6.40. The van der Waals surface area contributed by atoms with Crippen LogP contribution in [0.4, 0.5) is 0 Å². The number of ketones is 1. The van der Waals surface area contributed by atoms with Crippen LogP contribution in [0.25, 0.3) is 6.08 Å². The second-order valence-electron chi connectivity index (χ2n) is 8.49. The predicted molar refractivity (Wildman–Crippen MR) is 122 cm³/mol. The van der Waals surface area contributed by atoms with E-state index in [0.717, 1.165) is 11.1 Å². The summed E-state index contributed by atoms with van der Waals surface area (Å²) in [5.41, 5.74) is 2.80. The topological polar surface area (TPSA) is 91.4 Å². The molecule has 2 aromatic rings. The molecule has 1 saturated heterocycles. The first-order valence-electron chi connectivity index (χ1n) is 10.7. The van der Waals surface area contributed by atoms with Crippen molar-refractivity contribution in [3.63, 3.8) is 0 Å². The molecule has 3 aliphatic rings. The molecule has 0 radical (unpaired) electrons. The van der Waals surface area contributed by atoms with E-state index in [1.807, 2.05) is 17.9 Å². The van der Waals surface area contributed by atoms with Gasteiger partial charge in [-0.1, -0.05) is 0 Å². The quantitative estimate of drug-likeness (QED) is 0.629. The molecule has 2 aromatic carbocycles. The van der Waals surface area contributed by atoms with Crippen LogP contribution in [0.2, 0.25) is 0 Å². The number of rotatable bonds is 4. The molecule has 174 valence electrons. The number of sulfone groups is 1. The normalized spacial score (nSPS) is 22.5. The molecule has 8 nitrogen and oxygen atoms in total. The van der Waals surface area contributed by atoms with E-state index in [4.69, 9.17) is 18.9 Å². The first-order valence-corrected chi connectivity index (χ1v) is 12.5. The summed E-state index contributed by atoms with van der Waals surface area (Å²) >= 11 is 0. The van der Waals surface area contributed by atoms with Gasteiger partial charge in [-0.2, -0.15) is 0 Å². The second-order valence-corrected chi connectivity index (χ2v) is 10.7. The van der Waals surface area contributed by atoms with Crippen molar-refractivity contribution in [3.05, 3.63) is 52.3 Å². The molecule has 0 amide bonds.